The summed E-state index contributed by atoms with van der Waals surface area (Å²) >= 11 is 5.11. The standard InChI is InChI=1S/C11H10BrFS/c1-2-8-5-9-10(13)4-3-7(6-12)11(9)14-8/h3-5H,2,6H2,1H3. The molecule has 1 aromatic carbocycles. The van der Waals surface area contributed by atoms with Crippen LogP contribution in [0.4, 0.5) is 4.39 Å². The Kier molecular flexibility index (Phi) is 2.88. The van der Waals surface area contributed by atoms with E-state index in [4.69, 9.17) is 0 Å². The molecule has 2 aromatic rings. The third-order valence-corrected chi connectivity index (χ3v) is 4.21. The van der Waals surface area contributed by atoms with E-state index in [0.29, 0.717) is 0 Å². The first-order valence-electron chi connectivity index (χ1n) is 4.52. The van der Waals surface area contributed by atoms with Gasteiger partial charge < -0.3 is 0 Å². The van der Waals surface area contributed by atoms with Crippen molar-refractivity contribution in [3.63, 3.8) is 0 Å². The molecule has 0 spiro atoms. The summed E-state index contributed by atoms with van der Waals surface area (Å²) in [4.78, 5) is 1.24. The number of thiophene rings is 1. The van der Waals surface area contributed by atoms with Gasteiger partial charge in [0.15, 0.2) is 0 Å². The van der Waals surface area contributed by atoms with Crippen LogP contribution in [-0.4, -0.2) is 0 Å². The first kappa shape index (κ1) is 10.1. The SMILES string of the molecule is CCc1cc2c(F)ccc(CBr)c2s1. The van der Waals surface area contributed by atoms with E-state index in [0.717, 1.165) is 21.8 Å². The summed E-state index contributed by atoms with van der Waals surface area (Å²) in [5.41, 5.74) is 1.17. The van der Waals surface area contributed by atoms with Crippen molar-refractivity contribution in [2.75, 3.05) is 0 Å². The highest BCUT2D eigenvalue weighted by Gasteiger charge is 2.08. The first-order chi connectivity index (χ1) is 6.76. The Bertz CT molecular complexity index is 462. The Hall–Kier alpha value is -0.410. The minimum Gasteiger partial charge on any atom is -0.206 e. The van der Waals surface area contributed by atoms with Gasteiger partial charge in [-0.3, -0.25) is 0 Å². The van der Waals surface area contributed by atoms with Gasteiger partial charge in [0.05, 0.1) is 0 Å². The molecule has 0 aliphatic heterocycles. The predicted molar refractivity (Wildman–Crippen MR) is 63.8 cm³/mol. The Balaban J connectivity index is 2.74. The molecular formula is C11H10BrFS. The van der Waals surface area contributed by atoms with Crippen LogP contribution in [0.25, 0.3) is 10.1 Å². The fourth-order valence-corrected chi connectivity index (χ4v) is 3.25. The molecule has 1 aromatic heterocycles. The van der Waals surface area contributed by atoms with Gasteiger partial charge in [-0.2, -0.15) is 0 Å². The van der Waals surface area contributed by atoms with Gasteiger partial charge in [-0.25, -0.2) is 4.39 Å². The van der Waals surface area contributed by atoms with Gasteiger partial charge in [-0.1, -0.05) is 28.9 Å². The molecular weight excluding hydrogens is 263 g/mol. The summed E-state index contributed by atoms with van der Waals surface area (Å²) in [6.07, 6.45) is 0.973. The number of fused-ring (bicyclic) bond motifs is 1. The number of hydrogen-bond acceptors (Lipinski definition) is 1. The van der Waals surface area contributed by atoms with Gasteiger partial charge in [0.1, 0.15) is 5.82 Å². The molecule has 0 nitrogen and oxygen atoms in total. The molecule has 0 bridgehead atoms. The van der Waals surface area contributed by atoms with Crippen LogP contribution in [0.15, 0.2) is 18.2 Å². The van der Waals surface area contributed by atoms with Crippen LogP contribution < -0.4 is 0 Å². The molecule has 0 fully saturated rings. The van der Waals surface area contributed by atoms with Crippen molar-refractivity contribution in [3.05, 3.63) is 34.5 Å². The van der Waals surface area contributed by atoms with Crippen molar-refractivity contribution in [1.29, 1.82) is 0 Å². The third kappa shape index (κ3) is 1.59. The lowest BCUT2D eigenvalue weighted by molar-refractivity contribution is 0.640. The molecule has 1 heterocycles. The van der Waals surface area contributed by atoms with Crippen molar-refractivity contribution < 1.29 is 4.39 Å². The van der Waals surface area contributed by atoms with E-state index in [1.165, 1.54) is 10.4 Å². The second-order valence-corrected chi connectivity index (χ2v) is 4.85. The van der Waals surface area contributed by atoms with Crippen molar-refractivity contribution in [1.82, 2.24) is 0 Å². The number of rotatable bonds is 2. The van der Waals surface area contributed by atoms with Crippen molar-refractivity contribution in [2.45, 2.75) is 18.7 Å². The Morgan fingerprint density at radius 3 is 2.86 bits per heavy atom. The quantitative estimate of drug-likeness (QED) is 0.707. The van der Waals surface area contributed by atoms with Gasteiger partial charge in [-0.15, -0.1) is 11.3 Å². The zero-order valence-electron chi connectivity index (χ0n) is 7.81. The van der Waals surface area contributed by atoms with E-state index in [-0.39, 0.29) is 5.82 Å². The maximum atomic E-state index is 13.4. The van der Waals surface area contributed by atoms with E-state index in [9.17, 15) is 4.39 Å². The van der Waals surface area contributed by atoms with Crippen LogP contribution in [-0.2, 0) is 11.8 Å². The molecule has 14 heavy (non-hydrogen) atoms. The molecule has 2 rings (SSSR count). The summed E-state index contributed by atoms with van der Waals surface area (Å²) in [6.45, 7) is 2.09. The van der Waals surface area contributed by atoms with E-state index in [2.05, 4.69) is 22.9 Å². The zero-order chi connectivity index (χ0) is 10.1. The van der Waals surface area contributed by atoms with E-state index < -0.39 is 0 Å². The fourth-order valence-electron chi connectivity index (χ4n) is 1.48. The van der Waals surface area contributed by atoms with Crippen LogP contribution in [0.2, 0.25) is 0 Å². The minimum absolute atomic E-state index is 0.111. The maximum absolute atomic E-state index is 13.4. The van der Waals surface area contributed by atoms with Crippen LogP contribution in [0.1, 0.15) is 17.4 Å². The lowest BCUT2D eigenvalue weighted by Crippen LogP contribution is -1.80. The van der Waals surface area contributed by atoms with Crippen LogP contribution in [0.5, 0.6) is 0 Å². The molecule has 0 unspecified atom stereocenters. The number of halogens is 2. The molecule has 0 aliphatic carbocycles. The average molecular weight is 273 g/mol. The largest absolute Gasteiger partial charge is 0.206 e. The second kappa shape index (κ2) is 3.99. The third-order valence-electron chi connectivity index (χ3n) is 2.26. The normalized spacial score (nSPS) is 11.1. The average Bonchev–Trinajstić information content (AvgIpc) is 2.63. The summed E-state index contributed by atoms with van der Waals surface area (Å²) < 4.78 is 14.5. The van der Waals surface area contributed by atoms with Crippen molar-refractivity contribution in [2.24, 2.45) is 0 Å². The molecule has 0 atom stereocenters. The van der Waals surface area contributed by atoms with Crippen LogP contribution in [0.3, 0.4) is 0 Å². The summed E-state index contributed by atoms with van der Waals surface area (Å²) in [5, 5.41) is 1.55. The van der Waals surface area contributed by atoms with Gasteiger partial charge in [0.2, 0.25) is 0 Å². The summed E-state index contributed by atoms with van der Waals surface area (Å²) in [5.74, 6) is -0.111. The van der Waals surface area contributed by atoms with E-state index in [1.54, 1.807) is 17.4 Å². The van der Waals surface area contributed by atoms with Gasteiger partial charge in [0.25, 0.3) is 0 Å². The lowest BCUT2D eigenvalue weighted by Gasteiger charge is -1.97. The monoisotopic (exact) mass is 272 g/mol. The van der Waals surface area contributed by atoms with Gasteiger partial charge in [0, 0.05) is 20.3 Å². The van der Waals surface area contributed by atoms with Crippen molar-refractivity contribution in [3.8, 4) is 0 Å². The summed E-state index contributed by atoms with van der Waals surface area (Å²) in [6, 6.07) is 5.36. The summed E-state index contributed by atoms with van der Waals surface area (Å²) in [7, 11) is 0. The second-order valence-electron chi connectivity index (χ2n) is 3.15. The topological polar surface area (TPSA) is 0 Å². The molecule has 0 radical (unpaired) electrons. The number of benzene rings is 1. The highest BCUT2D eigenvalue weighted by atomic mass is 79.9. The zero-order valence-corrected chi connectivity index (χ0v) is 10.2. The molecule has 0 saturated carbocycles. The van der Waals surface area contributed by atoms with Gasteiger partial charge in [-0.05, 0) is 24.1 Å². The minimum atomic E-state index is -0.111. The molecule has 0 aliphatic rings. The molecule has 3 heteroatoms. The van der Waals surface area contributed by atoms with E-state index in [1.807, 2.05) is 12.1 Å². The Labute approximate surface area is 94.9 Å². The van der Waals surface area contributed by atoms with E-state index >= 15 is 0 Å². The Morgan fingerprint density at radius 1 is 1.43 bits per heavy atom. The predicted octanol–water partition coefficient (Wildman–Crippen LogP) is 4.50. The molecule has 74 valence electrons. The van der Waals surface area contributed by atoms with Crippen molar-refractivity contribution >= 4 is 37.4 Å². The molecule has 0 amide bonds. The van der Waals surface area contributed by atoms with Crippen LogP contribution >= 0.6 is 27.3 Å². The lowest BCUT2D eigenvalue weighted by atomic mass is 10.1. The Morgan fingerprint density at radius 2 is 2.21 bits per heavy atom. The fraction of sp³-hybridized carbons (Fsp3) is 0.273. The smallest absolute Gasteiger partial charge is 0.131 e. The highest BCUT2D eigenvalue weighted by Crippen LogP contribution is 2.32. The van der Waals surface area contributed by atoms with Gasteiger partial charge >= 0.3 is 0 Å². The number of hydrogen-bond donors (Lipinski definition) is 0. The first-order valence-corrected chi connectivity index (χ1v) is 6.45. The molecule has 0 saturated heterocycles. The maximum Gasteiger partial charge on any atom is 0.131 e. The number of alkyl halides is 1. The highest BCUT2D eigenvalue weighted by molar-refractivity contribution is 9.08. The molecule has 0 N–H and O–H groups in total. The van der Waals surface area contributed by atoms with Crippen LogP contribution in [0, 0.1) is 5.82 Å². The number of aryl methyl sites for hydroxylation is 1.